The van der Waals surface area contributed by atoms with E-state index in [1.807, 2.05) is 31.5 Å². The van der Waals surface area contributed by atoms with Gasteiger partial charge in [-0.3, -0.25) is 18.6 Å². The Morgan fingerprint density at radius 1 is 1.15 bits per heavy atom. The van der Waals surface area contributed by atoms with Crippen molar-refractivity contribution >= 4 is 22.8 Å². The van der Waals surface area contributed by atoms with Crippen molar-refractivity contribution in [3.63, 3.8) is 0 Å². The summed E-state index contributed by atoms with van der Waals surface area (Å²) in [4.78, 5) is 28.8. The highest BCUT2D eigenvalue weighted by Gasteiger charge is 2.16. The van der Waals surface area contributed by atoms with Crippen molar-refractivity contribution in [1.82, 2.24) is 28.5 Å². The van der Waals surface area contributed by atoms with E-state index in [9.17, 15) is 9.59 Å². The Hall–Kier alpha value is -3.17. The fraction of sp³-hybridized carbons (Fsp3) is 0.438. The minimum atomic E-state index is -0.420. The highest BCUT2D eigenvalue weighted by molar-refractivity contribution is 5.82. The Morgan fingerprint density at radius 3 is 2.46 bits per heavy atom. The number of rotatable bonds is 4. The van der Waals surface area contributed by atoms with Crippen molar-refractivity contribution in [3.05, 3.63) is 38.3 Å². The molecule has 0 radical (unpaired) electrons. The summed E-state index contributed by atoms with van der Waals surface area (Å²) in [5, 5.41) is 8.73. The third-order valence-corrected chi connectivity index (χ3v) is 4.30. The van der Waals surface area contributed by atoms with E-state index in [0.29, 0.717) is 23.7 Å². The van der Waals surface area contributed by atoms with Crippen LogP contribution >= 0.6 is 0 Å². The van der Waals surface area contributed by atoms with Gasteiger partial charge in [0.2, 0.25) is 5.95 Å². The maximum absolute atomic E-state index is 12.4. The quantitative estimate of drug-likeness (QED) is 0.533. The Morgan fingerprint density at radius 2 is 1.85 bits per heavy atom. The molecule has 3 aromatic heterocycles. The van der Waals surface area contributed by atoms with Gasteiger partial charge in [0.15, 0.2) is 11.2 Å². The van der Waals surface area contributed by atoms with Crippen LogP contribution in [0.1, 0.15) is 18.3 Å². The van der Waals surface area contributed by atoms with Crippen LogP contribution in [-0.2, 0) is 27.7 Å². The predicted molar refractivity (Wildman–Crippen MR) is 99.6 cm³/mol. The first kappa shape index (κ1) is 17.6. The third kappa shape index (κ3) is 2.83. The molecule has 1 N–H and O–H groups in total. The zero-order valence-corrected chi connectivity index (χ0v) is 15.7. The predicted octanol–water partition coefficient (Wildman–Crippen LogP) is 0.272. The SMILES string of the molecule is C/C(Cn1nc(C)cc1C)=N/Nc1nc2c(c(=O)n(C)c(=O)n2C)n1C. The standard InChI is InChI=1S/C16H22N8O2/c1-9-7-11(3)24(20-9)8-10(2)18-19-15-17-13-12(21(15)4)14(25)23(6)16(26)22(13)5/h7H,8H2,1-6H3,(H,17,19)/b18-10-. The van der Waals surface area contributed by atoms with Gasteiger partial charge in [-0.05, 0) is 26.8 Å². The number of hydrogen-bond acceptors (Lipinski definition) is 6. The van der Waals surface area contributed by atoms with Crippen LogP contribution in [0.25, 0.3) is 11.2 Å². The third-order valence-electron chi connectivity index (χ3n) is 4.30. The first-order valence-electron chi connectivity index (χ1n) is 8.13. The lowest BCUT2D eigenvalue weighted by molar-refractivity contribution is 0.689. The van der Waals surface area contributed by atoms with Gasteiger partial charge in [0.25, 0.3) is 5.56 Å². The summed E-state index contributed by atoms with van der Waals surface area (Å²) in [6.45, 7) is 6.35. The molecule has 0 fully saturated rings. The zero-order chi connectivity index (χ0) is 19.2. The molecule has 0 atom stereocenters. The van der Waals surface area contributed by atoms with Gasteiger partial charge in [-0.2, -0.15) is 15.2 Å². The van der Waals surface area contributed by atoms with Crippen LogP contribution in [0.5, 0.6) is 0 Å². The van der Waals surface area contributed by atoms with E-state index < -0.39 is 11.2 Å². The van der Waals surface area contributed by atoms with Crippen molar-refractivity contribution in [3.8, 4) is 0 Å². The highest BCUT2D eigenvalue weighted by Crippen LogP contribution is 2.13. The summed E-state index contributed by atoms with van der Waals surface area (Å²) in [5.74, 6) is 0.381. The second-order valence-electron chi connectivity index (χ2n) is 6.42. The van der Waals surface area contributed by atoms with E-state index in [1.165, 1.54) is 11.6 Å². The molecular formula is C16H22N8O2. The van der Waals surface area contributed by atoms with Gasteiger partial charge in [0, 0.05) is 26.8 Å². The molecule has 0 saturated carbocycles. The lowest BCUT2D eigenvalue weighted by Crippen LogP contribution is -2.37. The summed E-state index contributed by atoms with van der Waals surface area (Å²) in [5.41, 5.74) is 5.52. The maximum atomic E-state index is 12.4. The number of aryl methyl sites for hydroxylation is 4. The molecule has 138 valence electrons. The van der Waals surface area contributed by atoms with Gasteiger partial charge in [-0.25, -0.2) is 10.2 Å². The molecule has 0 amide bonds. The van der Waals surface area contributed by atoms with Gasteiger partial charge in [0.05, 0.1) is 18.0 Å². The van der Waals surface area contributed by atoms with Crippen LogP contribution in [-0.4, -0.2) is 34.2 Å². The number of nitrogens with one attached hydrogen (secondary N) is 1. The van der Waals surface area contributed by atoms with Gasteiger partial charge in [0.1, 0.15) is 0 Å². The van der Waals surface area contributed by atoms with Crippen LogP contribution in [0.3, 0.4) is 0 Å². The normalized spacial score (nSPS) is 12.2. The van der Waals surface area contributed by atoms with Crippen molar-refractivity contribution in [2.75, 3.05) is 5.43 Å². The molecule has 10 heteroatoms. The zero-order valence-electron chi connectivity index (χ0n) is 15.7. The number of hydrogen-bond donors (Lipinski definition) is 1. The summed E-state index contributed by atoms with van der Waals surface area (Å²) in [6.07, 6.45) is 0. The molecule has 3 heterocycles. The molecule has 3 aromatic rings. The molecule has 0 aliphatic carbocycles. The molecule has 3 rings (SSSR count). The summed E-state index contributed by atoms with van der Waals surface area (Å²) in [7, 11) is 4.73. The van der Waals surface area contributed by atoms with Gasteiger partial charge >= 0.3 is 5.69 Å². The average Bonchev–Trinajstić information content (AvgIpc) is 3.08. The van der Waals surface area contributed by atoms with Crippen molar-refractivity contribution in [2.45, 2.75) is 27.3 Å². The lowest BCUT2D eigenvalue weighted by atomic mass is 10.4. The molecule has 0 spiro atoms. The van der Waals surface area contributed by atoms with Crippen molar-refractivity contribution in [1.29, 1.82) is 0 Å². The molecule has 10 nitrogen and oxygen atoms in total. The minimum Gasteiger partial charge on any atom is -0.306 e. The van der Waals surface area contributed by atoms with E-state index in [1.54, 1.807) is 18.7 Å². The molecule has 26 heavy (non-hydrogen) atoms. The molecule has 0 saturated heterocycles. The topological polar surface area (TPSA) is 104 Å². The minimum absolute atomic E-state index is 0.314. The molecule has 0 bridgehead atoms. The smallest absolute Gasteiger partial charge is 0.306 e. The lowest BCUT2D eigenvalue weighted by Gasteiger charge is -2.05. The first-order chi connectivity index (χ1) is 12.2. The van der Waals surface area contributed by atoms with Crippen LogP contribution < -0.4 is 16.7 Å². The second-order valence-corrected chi connectivity index (χ2v) is 6.42. The number of fused-ring (bicyclic) bond motifs is 1. The number of aromatic nitrogens is 6. The van der Waals surface area contributed by atoms with Crippen LogP contribution in [0, 0.1) is 13.8 Å². The maximum Gasteiger partial charge on any atom is 0.332 e. The van der Waals surface area contributed by atoms with E-state index in [-0.39, 0.29) is 0 Å². The highest BCUT2D eigenvalue weighted by atomic mass is 16.2. The number of anilines is 1. The fourth-order valence-corrected chi connectivity index (χ4v) is 2.85. The molecule has 0 aromatic carbocycles. The summed E-state index contributed by atoms with van der Waals surface area (Å²) in [6, 6.07) is 2.00. The second kappa shape index (κ2) is 6.28. The van der Waals surface area contributed by atoms with Crippen LogP contribution in [0.15, 0.2) is 20.8 Å². The molecule has 0 unspecified atom stereocenters. The number of imidazole rings is 1. The first-order valence-corrected chi connectivity index (χ1v) is 8.13. The Bertz CT molecular complexity index is 1140. The van der Waals surface area contributed by atoms with Gasteiger partial charge < -0.3 is 4.57 Å². The number of nitrogens with zero attached hydrogens (tertiary/aromatic N) is 7. The Balaban J connectivity index is 1.94. The van der Waals surface area contributed by atoms with Gasteiger partial charge in [-0.1, -0.05) is 0 Å². The van der Waals surface area contributed by atoms with Crippen LogP contribution in [0.4, 0.5) is 5.95 Å². The van der Waals surface area contributed by atoms with Crippen molar-refractivity contribution in [2.24, 2.45) is 26.2 Å². The molecule has 0 aliphatic rings. The van der Waals surface area contributed by atoms with E-state index in [2.05, 4.69) is 20.6 Å². The largest absolute Gasteiger partial charge is 0.332 e. The Kier molecular flexibility index (Phi) is 4.26. The van der Waals surface area contributed by atoms with E-state index in [0.717, 1.165) is 21.7 Å². The number of hydrazone groups is 1. The molecular weight excluding hydrogens is 336 g/mol. The molecule has 0 aliphatic heterocycles. The van der Waals surface area contributed by atoms with E-state index >= 15 is 0 Å². The monoisotopic (exact) mass is 358 g/mol. The average molecular weight is 358 g/mol. The Labute approximate surface area is 149 Å². The van der Waals surface area contributed by atoms with Crippen molar-refractivity contribution < 1.29 is 0 Å². The summed E-state index contributed by atoms with van der Waals surface area (Å²) >= 11 is 0. The van der Waals surface area contributed by atoms with Crippen LogP contribution in [0.2, 0.25) is 0 Å². The fourth-order valence-electron chi connectivity index (χ4n) is 2.85. The summed E-state index contributed by atoms with van der Waals surface area (Å²) < 4.78 is 5.86. The van der Waals surface area contributed by atoms with E-state index in [4.69, 9.17) is 0 Å². The van der Waals surface area contributed by atoms with Gasteiger partial charge in [-0.15, -0.1) is 0 Å².